The van der Waals surface area contributed by atoms with Crippen molar-refractivity contribution in [2.75, 3.05) is 0 Å². The van der Waals surface area contributed by atoms with E-state index in [9.17, 15) is 19.5 Å². The Hall–Kier alpha value is -2.17. The molecule has 1 N–H and O–H groups in total. The highest BCUT2D eigenvalue weighted by Crippen LogP contribution is 2.23. The Morgan fingerprint density at radius 3 is 2.68 bits per heavy atom. The molecule has 1 heterocycles. The lowest BCUT2D eigenvalue weighted by molar-refractivity contribution is -0.148. The van der Waals surface area contributed by atoms with Crippen LogP contribution < -0.4 is 0 Å². The molecular weight excluding hydrogens is 246 g/mol. The summed E-state index contributed by atoms with van der Waals surface area (Å²) < 4.78 is 0. The van der Waals surface area contributed by atoms with Crippen LogP contribution in [0, 0.1) is 0 Å². The Morgan fingerprint density at radius 2 is 2.05 bits per heavy atom. The fourth-order valence-electron chi connectivity index (χ4n) is 2.33. The molecule has 1 unspecified atom stereocenters. The van der Waals surface area contributed by atoms with E-state index in [0.29, 0.717) is 17.5 Å². The van der Waals surface area contributed by atoms with Crippen LogP contribution in [-0.2, 0) is 16.0 Å². The van der Waals surface area contributed by atoms with Crippen molar-refractivity contribution in [1.82, 2.24) is 4.90 Å². The second kappa shape index (κ2) is 5.22. The first kappa shape index (κ1) is 13.3. The van der Waals surface area contributed by atoms with E-state index in [0.717, 1.165) is 4.90 Å². The number of carboxylic acids is 1. The number of amides is 2. The molecule has 1 atom stereocenters. The fraction of sp³-hybridized carbons (Fsp3) is 0.357. The lowest BCUT2D eigenvalue weighted by atomic mass is 9.96. The lowest BCUT2D eigenvalue weighted by Gasteiger charge is -2.31. The molecule has 0 aromatic heterocycles. The summed E-state index contributed by atoms with van der Waals surface area (Å²) in [7, 11) is 0. The van der Waals surface area contributed by atoms with Crippen molar-refractivity contribution in [3.63, 3.8) is 0 Å². The second-order valence-corrected chi connectivity index (χ2v) is 4.55. The topological polar surface area (TPSA) is 74.7 Å². The third kappa shape index (κ3) is 2.36. The zero-order valence-corrected chi connectivity index (χ0v) is 10.6. The number of rotatable bonds is 4. The van der Waals surface area contributed by atoms with Crippen molar-refractivity contribution in [1.29, 1.82) is 0 Å². The summed E-state index contributed by atoms with van der Waals surface area (Å²) in [5.74, 6) is -2.08. The van der Waals surface area contributed by atoms with Crippen LogP contribution in [0.1, 0.15) is 35.7 Å². The quantitative estimate of drug-likeness (QED) is 0.833. The van der Waals surface area contributed by atoms with Crippen molar-refractivity contribution in [2.45, 2.75) is 32.2 Å². The van der Waals surface area contributed by atoms with Gasteiger partial charge in [0, 0.05) is 5.56 Å². The monoisotopic (exact) mass is 261 g/mol. The number of aliphatic carboxylic acids is 1. The number of carboxylic acid groups (broad SMARTS) is 1. The molecule has 0 bridgehead atoms. The number of carbonyl (C=O) groups is 3. The van der Waals surface area contributed by atoms with Crippen molar-refractivity contribution in [3.05, 3.63) is 35.4 Å². The number of hydrogen-bond acceptors (Lipinski definition) is 3. The van der Waals surface area contributed by atoms with Gasteiger partial charge in [-0.15, -0.1) is 0 Å². The molecule has 1 aromatic rings. The van der Waals surface area contributed by atoms with E-state index in [-0.39, 0.29) is 12.8 Å². The Kier molecular flexibility index (Phi) is 3.64. The van der Waals surface area contributed by atoms with Crippen molar-refractivity contribution >= 4 is 17.8 Å². The van der Waals surface area contributed by atoms with Gasteiger partial charge in [-0.1, -0.05) is 31.5 Å². The van der Waals surface area contributed by atoms with Crippen LogP contribution in [-0.4, -0.2) is 33.8 Å². The maximum absolute atomic E-state index is 12.3. The maximum Gasteiger partial charge on any atom is 0.326 e. The molecule has 1 aliphatic heterocycles. The van der Waals surface area contributed by atoms with Gasteiger partial charge in [-0.2, -0.15) is 0 Å². The molecule has 0 saturated heterocycles. The van der Waals surface area contributed by atoms with E-state index in [2.05, 4.69) is 0 Å². The number of benzene rings is 1. The SMILES string of the molecule is CCCC(C(=O)O)N1C(=O)Cc2ccccc2C1=O. The summed E-state index contributed by atoms with van der Waals surface area (Å²) >= 11 is 0. The minimum Gasteiger partial charge on any atom is -0.480 e. The standard InChI is InChI=1S/C14H15NO4/c1-2-5-11(14(18)19)15-12(16)8-9-6-3-4-7-10(9)13(15)17/h3-4,6-7,11H,2,5,8H2,1H3,(H,18,19). The van der Waals surface area contributed by atoms with Crippen LogP contribution in [0.5, 0.6) is 0 Å². The minimum absolute atomic E-state index is 0.0788. The van der Waals surface area contributed by atoms with Gasteiger partial charge in [0.25, 0.3) is 5.91 Å². The largest absolute Gasteiger partial charge is 0.480 e. The Bertz CT molecular complexity index is 538. The number of imide groups is 1. The van der Waals surface area contributed by atoms with Gasteiger partial charge in [0.1, 0.15) is 6.04 Å². The van der Waals surface area contributed by atoms with Crippen molar-refractivity contribution < 1.29 is 19.5 Å². The van der Waals surface area contributed by atoms with Crippen LogP contribution in [0.2, 0.25) is 0 Å². The van der Waals surface area contributed by atoms with Crippen molar-refractivity contribution in [2.24, 2.45) is 0 Å². The van der Waals surface area contributed by atoms with E-state index < -0.39 is 23.8 Å². The maximum atomic E-state index is 12.3. The molecule has 5 heteroatoms. The molecule has 2 rings (SSSR count). The normalized spacial score (nSPS) is 16.2. The lowest BCUT2D eigenvalue weighted by Crippen LogP contribution is -2.51. The van der Waals surface area contributed by atoms with Crippen LogP contribution in [0.25, 0.3) is 0 Å². The zero-order valence-electron chi connectivity index (χ0n) is 10.6. The van der Waals surface area contributed by atoms with Gasteiger partial charge < -0.3 is 5.11 Å². The first-order valence-electron chi connectivity index (χ1n) is 6.23. The van der Waals surface area contributed by atoms with E-state index in [1.165, 1.54) is 0 Å². The van der Waals surface area contributed by atoms with Crippen LogP contribution >= 0.6 is 0 Å². The summed E-state index contributed by atoms with van der Waals surface area (Å²) in [4.78, 5) is 36.5. The molecule has 0 spiro atoms. The highest BCUT2D eigenvalue weighted by atomic mass is 16.4. The molecule has 100 valence electrons. The average molecular weight is 261 g/mol. The van der Waals surface area contributed by atoms with E-state index in [1.54, 1.807) is 24.3 Å². The summed E-state index contributed by atoms with van der Waals surface area (Å²) in [6.45, 7) is 1.82. The van der Waals surface area contributed by atoms with E-state index in [4.69, 9.17) is 0 Å². The van der Waals surface area contributed by atoms with Gasteiger partial charge in [0.05, 0.1) is 6.42 Å². The number of fused-ring (bicyclic) bond motifs is 1. The summed E-state index contributed by atoms with van der Waals surface area (Å²) in [5.41, 5.74) is 1.08. The smallest absolute Gasteiger partial charge is 0.326 e. The molecule has 1 aromatic carbocycles. The summed E-state index contributed by atoms with van der Waals surface area (Å²) in [6, 6.07) is 5.74. The fourth-order valence-corrected chi connectivity index (χ4v) is 2.33. The third-order valence-corrected chi connectivity index (χ3v) is 3.24. The van der Waals surface area contributed by atoms with Gasteiger partial charge in [-0.05, 0) is 18.1 Å². The zero-order chi connectivity index (χ0) is 14.0. The molecule has 0 fully saturated rings. The predicted octanol–water partition coefficient (Wildman–Crippen LogP) is 1.46. The molecule has 1 aliphatic rings. The predicted molar refractivity (Wildman–Crippen MR) is 67.7 cm³/mol. The van der Waals surface area contributed by atoms with Gasteiger partial charge in [-0.25, -0.2) is 4.79 Å². The van der Waals surface area contributed by atoms with Crippen LogP contribution in [0.4, 0.5) is 0 Å². The van der Waals surface area contributed by atoms with Crippen LogP contribution in [0.15, 0.2) is 24.3 Å². The molecule has 19 heavy (non-hydrogen) atoms. The minimum atomic E-state index is -1.14. The van der Waals surface area contributed by atoms with Gasteiger partial charge >= 0.3 is 5.97 Å². The highest BCUT2D eigenvalue weighted by Gasteiger charge is 2.38. The molecule has 0 aliphatic carbocycles. The van der Waals surface area contributed by atoms with Crippen molar-refractivity contribution in [3.8, 4) is 0 Å². The first-order valence-corrected chi connectivity index (χ1v) is 6.23. The van der Waals surface area contributed by atoms with Gasteiger partial charge in [0.2, 0.25) is 5.91 Å². The Morgan fingerprint density at radius 1 is 1.37 bits per heavy atom. The van der Waals surface area contributed by atoms with Gasteiger partial charge in [-0.3, -0.25) is 14.5 Å². The number of nitrogens with zero attached hydrogens (tertiary/aromatic N) is 1. The summed E-state index contributed by atoms with van der Waals surface area (Å²) in [6.07, 6.45) is 0.945. The molecular formula is C14H15NO4. The number of carbonyl (C=O) groups excluding carboxylic acids is 2. The molecule has 2 amide bonds. The number of hydrogen-bond donors (Lipinski definition) is 1. The van der Waals surface area contributed by atoms with Crippen LogP contribution in [0.3, 0.4) is 0 Å². The molecule has 5 nitrogen and oxygen atoms in total. The highest BCUT2D eigenvalue weighted by molar-refractivity contribution is 6.11. The van der Waals surface area contributed by atoms with Gasteiger partial charge in [0.15, 0.2) is 0 Å². The second-order valence-electron chi connectivity index (χ2n) is 4.55. The average Bonchev–Trinajstić information content (AvgIpc) is 2.37. The molecule has 0 radical (unpaired) electrons. The summed E-state index contributed by atoms with van der Waals surface area (Å²) in [5, 5.41) is 9.19. The van der Waals surface area contributed by atoms with E-state index in [1.807, 2.05) is 6.92 Å². The Labute approximate surface area is 110 Å². The third-order valence-electron chi connectivity index (χ3n) is 3.24. The molecule has 0 saturated carbocycles. The van der Waals surface area contributed by atoms with E-state index >= 15 is 0 Å². The Balaban J connectivity index is 2.40. The first-order chi connectivity index (χ1) is 9.06.